The number of hydrogen-bond donors (Lipinski definition) is 0. The molecule has 0 unspecified atom stereocenters. The van der Waals surface area contributed by atoms with Crippen LogP contribution in [0.5, 0.6) is 0 Å². The molecule has 0 amide bonds. The minimum atomic E-state index is 0.634. The van der Waals surface area contributed by atoms with E-state index in [9.17, 15) is 0 Å². The third kappa shape index (κ3) is 6.26. The molecule has 2 heterocycles. The van der Waals surface area contributed by atoms with E-state index in [1.807, 2.05) is 54.6 Å². The molecule has 52 heavy (non-hydrogen) atoms. The maximum atomic E-state index is 5.29. The van der Waals surface area contributed by atoms with Crippen LogP contribution >= 0.6 is 0 Å². The van der Waals surface area contributed by atoms with Gasteiger partial charge in [0.15, 0.2) is 11.6 Å². The van der Waals surface area contributed by atoms with Crippen LogP contribution in [0.4, 0.5) is 0 Å². The van der Waals surface area contributed by atoms with Crippen molar-refractivity contribution in [3.05, 3.63) is 194 Å². The number of aromatic nitrogens is 4. The Bertz CT molecular complexity index is 2590. The smallest absolute Gasteiger partial charge is 0.160 e. The molecule has 0 bridgehead atoms. The van der Waals surface area contributed by atoms with Gasteiger partial charge in [0.25, 0.3) is 0 Å². The molecule has 0 spiro atoms. The minimum Gasteiger partial charge on any atom is -0.228 e. The summed E-state index contributed by atoms with van der Waals surface area (Å²) in [4.78, 5) is 20.9. The average molecular weight is 665 g/mol. The number of benzene rings is 7. The first-order chi connectivity index (χ1) is 25.7. The summed E-state index contributed by atoms with van der Waals surface area (Å²) in [6.07, 6.45) is 0. The fraction of sp³-hybridized carbons (Fsp3) is 0. The number of hydrogen-bond acceptors (Lipinski definition) is 4. The zero-order chi connectivity index (χ0) is 34.7. The Morgan fingerprint density at radius 1 is 0.250 bits per heavy atom. The van der Waals surface area contributed by atoms with Crippen LogP contribution in [0.2, 0.25) is 0 Å². The van der Waals surface area contributed by atoms with Gasteiger partial charge in [-0.25, -0.2) is 19.9 Å². The van der Waals surface area contributed by atoms with E-state index in [1.165, 1.54) is 0 Å². The van der Waals surface area contributed by atoms with Gasteiger partial charge in [-0.3, -0.25) is 0 Å². The van der Waals surface area contributed by atoms with Crippen molar-refractivity contribution in [1.29, 1.82) is 0 Å². The minimum absolute atomic E-state index is 0.634. The van der Waals surface area contributed by atoms with E-state index < -0.39 is 0 Å². The van der Waals surface area contributed by atoms with Crippen LogP contribution in [-0.2, 0) is 0 Å². The fourth-order valence-corrected chi connectivity index (χ4v) is 6.66. The van der Waals surface area contributed by atoms with Crippen LogP contribution in [0.3, 0.4) is 0 Å². The molecular formula is C48H32N4. The molecule has 2 aromatic heterocycles. The summed E-state index contributed by atoms with van der Waals surface area (Å²) in [5, 5.41) is 1.00. The predicted molar refractivity (Wildman–Crippen MR) is 213 cm³/mol. The van der Waals surface area contributed by atoms with Gasteiger partial charge in [0.05, 0.1) is 22.6 Å². The van der Waals surface area contributed by atoms with E-state index in [2.05, 4.69) is 140 Å². The van der Waals surface area contributed by atoms with Gasteiger partial charge in [0, 0.05) is 33.2 Å². The second-order valence-electron chi connectivity index (χ2n) is 12.7. The molecule has 0 atom stereocenters. The standard InChI is InChI=1S/C48H32N4/c1-6-16-33(17-7-1)38-26-27-42-45(31-38)51-48(52-46(42)37-24-14-5-15-25-37)41-29-39(34-18-8-2-9-19-34)28-40(30-41)47-49-43(35-20-10-3-11-21-35)32-44(50-47)36-22-12-4-13-23-36/h1-32H. The summed E-state index contributed by atoms with van der Waals surface area (Å²) in [6.45, 7) is 0. The summed E-state index contributed by atoms with van der Waals surface area (Å²) in [6, 6.07) is 66.8. The van der Waals surface area contributed by atoms with E-state index in [4.69, 9.17) is 19.9 Å². The first-order valence-corrected chi connectivity index (χ1v) is 17.4. The number of nitrogens with zero attached hydrogens (tertiary/aromatic N) is 4. The van der Waals surface area contributed by atoms with Crippen molar-refractivity contribution >= 4 is 10.9 Å². The second kappa shape index (κ2) is 13.7. The van der Waals surface area contributed by atoms with Crippen molar-refractivity contribution in [2.75, 3.05) is 0 Å². The lowest BCUT2D eigenvalue weighted by atomic mass is 9.97. The number of rotatable bonds is 7. The van der Waals surface area contributed by atoms with E-state index in [1.54, 1.807) is 0 Å². The van der Waals surface area contributed by atoms with E-state index in [0.717, 1.165) is 78.1 Å². The maximum absolute atomic E-state index is 5.29. The molecule has 0 saturated carbocycles. The molecule has 9 rings (SSSR count). The average Bonchev–Trinajstić information content (AvgIpc) is 3.24. The van der Waals surface area contributed by atoms with E-state index in [-0.39, 0.29) is 0 Å². The summed E-state index contributed by atoms with van der Waals surface area (Å²) < 4.78 is 0. The molecular weight excluding hydrogens is 633 g/mol. The summed E-state index contributed by atoms with van der Waals surface area (Å²) >= 11 is 0. The molecule has 4 nitrogen and oxygen atoms in total. The van der Waals surface area contributed by atoms with Crippen molar-refractivity contribution in [1.82, 2.24) is 19.9 Å². The Kier molecular flexibility index (Phi) is 8.16. The van der Waals surface area contributed by atoms with Crippen molar-refractivity contribution in [3.8, 4) is 78.8 Å². The van der Waals surface area contributed by atoms with Crippen LogP contribution in [0, 0.1) is 0 Å². The normalized spacial score (nSPS) is 11.1. The Balaban J connectivity index is 1.28. The Morgan fingerprint density at radius 3 is 1.19 bits per heavy atom. The highest BCUT2D eigenvalue weighted by Crippen LogP contribution is 2.36. The molecule has 244 valence electrons. The van der Waals surface area contributed by atoms with Crippen molar-refractivity contribution < 1.29 is 0 Å². The lowest BCUT2D eigenvalue weighted by Crippen LogP contribution is -1.99. The van der Waals surface area contributed by atoms with Crippen LogP contribution in [0.15, 0.2) is 194 Å². The summed E-state index contributed by atoms with van der Waals surface area (Å²) in [5.41, 5.74) is 12.7. The second-order valence-corrected chi connectivity index (χ2v) is 12.7. The van der Waals surface area contributed by atoms with Gasteiger partial charge in [0.1, 0.15) is 0 Å². The summed E-state index contributed by atoms with van der Waals surface area (Å²) in [5.74, 6) is 1.27. The quantitative estimate of drug-likeness (QED) is 0.170. The summed E-state index contributed by atoms with van der Waals surface area (Å²) in [7, 11) is 0. The largest absolute Gasteiger partial charge is 0.228 e. The van der Waals surface area contributed by atoms with Crippen LogP contribution in [0.25, 0.3) is 89.7 Å². The van der Waals surface area contributed by atoms with Gasteiger partial charge in [-0.1, -0.05) is 158 Å². The van der Waals surface area contributed by atoms with Crippen LogP contribution in [-0.4, -0.2) is 19.9 Å². The van der Waals surface area contributed by atoms with E-state index >= 15 is 0 Å². The van der Waals surface area contributed by atoms with Gasteiger partial charge in [-0.15, -0.1) is 0 Å². The van der Waals surface area contributed by atoms with Crippen molar-refractivity contribution in [2.45, 2.75) is 0 Å². The molecule has 4 heteroatoms. The molecule has 0 radical (unpaired) electrons. The zero-order valence-electron chi connectivity index (χ0n) is 28.3. The van der Waals surface area contributed by atoms with Crippen LogP contribution < -0.4 is 0 Å². The molecule has 7 aromatic carbocycles. The Labute approximate surface area is 302 Å². The highest BCUT2D eigenvalue weighted by molar-refractivity contribution is 5.96. The Morgan fingerprint density at radius 2 is 0.673 bits per heavy atom. The first kappa shape index (κ1) is 31.0. The first-order valence-electron chi connectivity index (χ1n) is 17.4. The van der Waals surface area contributed by atoms with Gasteiger partial charge >= 0.3 is 0 Å². The lowest BCUT2D eigenvalue weighted by molar-refractivity contribution is 1.18. The molecule has 0 saturated heterocycles. The topological polar surface area (TPSA) is 51.6 Å². The molecule has 0 aliphatic carbocycles. The highest BCUT2D eigenvalue weighted by Gasteiger charge is 2.17. The van der Waals surface area contributed by atoms with E-state index in [0.29, 0.717) is 11.6 Å². The zero-order valence-corrected chi connectivity index (χ0v) is 28.3. The predicted octanol–water partition coefficient (Wildman–Crippen LogP) is 12.1. The molecule has 9 aromatic rings. The highest BCUT2D eigenvalue weighted by atomic mass is 14.9. The third-order valence-corrected chi connectivity index (χ3v) is 9.27. The number of fused-ring (bicyclic) bond motifs is 1. The van der Waals surface area contributed by atoms with Gasteiger partial charge in [0.2, 0.25) is 0 Å². The fourth-order valence-electron chi connectivity index (χ4n) is 6.66. The molecule has 0 N–H and O–H groups in total. The van der Waals surface area contributed by atoms with Gasteiger partial charge < -0.3 is 0 Å². The Hall–Kier alpha value is -7.04. The van der Waals surface area contributed by atoms with Crippen molar-refractivity contribution in [2.24, 2.45) is 0 Å². The van der Waals surface area contributed by atoms with Crippen molar-refractivity contribution in [3.63, 3.8) is 0 Å². The lowest BCUT2D eigenvalue weighted by Gasteiger charge is -2.14. The van der Waals surface area contributed by atoms with Gasteiger partial charge in [-0.2, -0.15) is 0 Å². The molecule has 0 aliphatic rings. The van der Waals surface area contributed by atoms with Gasteiger partial charge in [-0.05, 0) is 58.7 Å². The monoisotopic (exact) mass is 664 g/mol. The molecule has 0 fully saturated rings. The third-order valence-electron chi connectivity index (χ3n) is 9.27. The maximum Gasteiger partial charge on any atom is 0.160 e. The SMILES string of the molecule is c1ccc(-c2cc(-c3nc(-c4ccccc4)cc(-c4ccccc4)n3)cc(-c3nc(-c4ccccc4)c4ccc(-c5ccccc5)cc4n3)c2)cc1. The molecule has 0 aliphatic heterocycles. The van der Waals surface area contributed by atoms with Crippen LogP contribution in [0.1, 0.15) is 0 Å².